The lowest BCUT2D eigenvalue weighted by Crippen LogP contribution is -2.46. The molecule has 116 valence electrons. The topological polar surface area (TPSA) is 90.3 Å². The molecule has 0 radical (unpaired) electrons. The van der Waals surface area contributed by atoms with Crippen molar-refractivity contribution >= 4 is 11.9 Å². The lowest BCUT2D eigenvalue weighted by Gasteiger charge is -2.32. The van der Waals surface area contributed by atoms with Crippen LogP contribution in [-0.2, 0) is 14.3 Å². The first-order chi connectivity index (χ1) is 9.62. The van der Waals surface area contributed by atoms with E-state index in [1.54, 1.807) is 9.80 Å². The normalized spacial score (nSPS) is 16.5. The second-order valence-electron chi connectivity index (χ2n) is 4.90. The minimum absolute atomic E-state index is 0.0322. The fraction of sp³-hybridized carbons (Fsp3) is 0.846. The molecule has 0 unspecified atom stereocenters. The van der Waals surface area contributed by atoms with Crippen molar-refractivity contribution in [1.82, 2.24) is 9.80 Å². The number of rotatable bonds is 7. The molecule has 0 aromatic carbocycles. The first-order valence-electron chi connectivity index (χ1n) is 6.92. The predicted octanol–water partition coefficient (Wildman–Crippen LogP) is -1.32. The quantitative estimate of drug-likeness (QED) is 0.565. The van der Waals surface area contributed by atoms with Crippen LogP contribution in [0, 0.1) is 5.92 Å². The van der Waals surface area contributed by atoms with Gasteiger partial charge in [0.15, 0.2) is 0 Å². The Labute approximate surface area is 119 Å². The Balaban J connectivity index is 2.39. The fourth-order valence-electron chi connectivity index (χ4n) is 2.38. The number of ether oxygens (including phenoxy) is 1. The Morgan fingerprint density at radius 2 is 1.75 bits per heavy atom. The average Bonchev–Trinajstić information content (AvgIpc) is 2.47. The van der Waals surface area contributed by atoms with Crippen LogP contribution in [0.2, 0.25) is 0 Å². The molecule has 0 aliphatic carbocycles. The van der Waals surface area contributed by atoms with Gasteiger partial charge in [-0.3, -0.25) is 14.5 Å². The first-order valence-corrected chi connectivity index (χ1v) is 6.92. The van der Waals surface area contributed by atoms with E-state index >= 15 is 0 Å². The third-order valence-corrected chi connectivity index (χ3v) is 3.57. The molecule has 1 fully saturated rings. The number of esters is 1. The molecular weight excluding hydrogens is 264 g/mol. The fourth-order valence-corrected chi connectivity index (χ4v) is 2.38. The standard InChI is InChI=1S/C13H24N2O5/c1-20-13(19)11-2-4-15(5-3-11)12(18)10-14(6-8-16)7-9-17/h11,16-17H,2-10H2,1H3. The zero-order valence-electron chi connectivity index (χ0n) is 12.0. The number of aliphatic hydroxyl groups excluding tert-OH is 2. The maximum atomic E-state index is 12.1. The number of likely N-dealkylation sites (tertiary alicyclic amines) is 1. The van der Waals surface area contributed by atoms with E-state index in [2.05, 4.69) is 0 Å². The number of methoxy groups -OCH3 is 1. The van der Waals surface area contributed by atoms with Crippen LogP contribution in [0.4, 0.5) is 0 Å². The van der Waals surface area contributed by atoms with Crippen LogP contribution in [0.1, 0.15) is 12.8 Å². The van der Waals surface area contributed by atoms with Crippen LogP contribution in [0.5, 0.6) is 0 Å². The van der Waals surface area contributed by atoms with Gasteiger partial charge in [0, 0.05) is 26.2 Å². The minimum Gasteiger partial charge on any atom is -0.469 e. The predicted molar refractivity (Wildman–Crippen MR) is 71.9 cm³/mol. The van der Waals surface area contributed by atoms with E-state index in [9.17, 15) is 9.59 Å². The van der Waals surface area contributed by atoms with Crippen molar-refractivity contribution in [2.45, 2.75) is 12.8 Å². The van der Waals surface area contributed by atoms with Gasteiger partial charge in [-0.15, -0.1) is 0 Å². The first kappa shape index (κ1) is 16.9. The molecule has 1 heterocycles. The van der Waals surface area contributed by atoms with Gasteiger partial charge in [-0.2, -0.15) is 0 Å². The Bertz CT molecular complexity index is 310. The lowest BCUT2D eigenvalue weighted by atomic mass is 9.97. The second kappa shape index (κ2) is 8.89. The van der Waals surface area contributed by atoms with Crippen molar-refractivity contribution in [3.8, 4) is 0 Å². The van der Waals surface area contributed by atoms with Crippen molar-refractivity contribution < 1.29 is 24.5 Å². The number of hydrogen-bond donors (Lipinski definition) is 2. The summed E-state index contributed by atoms with van der Waals surface area (Å²) in [5.74, 6) is -0.357. The summed E-state index contributed by atoms with van der Waals surface area (Å²) in [5.41, 5.74) is 0. The number of aliphatic hydroxyl groups is 2. The van der Waals surface area contributed by atoms with Crippen molar-refractivity contribution in [3.05, 3.63) is 0 Å². The lowest BCUT2D eigenvalue weighted by molar-refractivity contribution is -0.149. The van der Waals surface area contributed by atoms with E-state index in [1.165, 1.54) is 7.11 Å². The molecule has 7 heteroatoms. The Kier molecular flexibility index (Phi) is 7.50. The molecule has 20 heavy (non-hydrogen) atoms. The zero-order valence-corrected chi connectivity index (χ0v) is 12.0. The number of carbonyl (C=O) groups excluding carboxylic acids is 2. The van der Waals surface area contributed by atoms with Crippen molar-refractivity contribution in [1.29, 1.82) is 0 Å². The molecule has 2 N–H and O–H groups in total. The maximum Gasteiger partial charge on any atom is 0.308 e. The smallest absolute Gasteiger partial charge is 0.308 e. The molecule has 0 aromatic rings. The Morgan fingerprint density at radius 3 is 2.20 bits per heavy atom. The summed E-state index contributed by atoms with van der Waals surface area (Å²) >= 11 is 0. The van der Waals surface area contributed by atoms with Crippen molar-refractivity contribution in [2.24, 2.45) is 5.92 Å². The zero-order chi connectivity index (χ0) is 15.0. The highest BCUT2D eigenvalue weighted by atomic mass is 16.5. The third-order valence-electron chi connectivity index (χ3n) is 3.57. The average molecular weight is 288 g/mol. The summed E-state index contributed by atoms with van der Waals surface area (Å²) in [5, 5.41) is 17.8. The molecule has 0 spiro atoms. The Morgan fingerprint density at radius 1 is 1.20 bits per heavy atom. The van der Waals surface area contributed by atoms with Gasteiger partial charge < -0.3 is 19.8 Å². The minimum atomic E-state index is -0.209. The van der Waals surface area contributed by atoms with Gasteiger partial charge in [-0.05, 0) is 12.8 Å². The van der Waals surface area contributed by atoms with E-state index in [1.807, 2.05) is 0 Å². The summed E-state index contributed by atoms with van der Waals surface area (Å²) in [4.78, 5) is 27.0. The molecule has 0 saturated carbocycles. The van der Waals surface area contributed by atoms with E-state index in [4.69, 9.17) is 14.9 Å². The summed E-state index contributed by atoms with van der Waals surface area (Å²) in [7, 11) is 1.38. The van der Waals surface area contributed by atoms with Crippen LogP contribution in [0.3, 0.4) is 0 Å². The van der Waals surface area contributed by atoms with Gasteiger partial charge in [-0.1, -0.05) is 0 Å². The second-order valence-corrected chi connectivity index (χ2v) is 4.90. The van der Waals surface area contributed by atoms with Crippen molar-refractivity contribution in [2.75, 3.05) is 53.0 Å². The highest BCUT2D eigenvalue weighted by Crippen LogP contribution is 2.18. The van der Waals surface area contributed by atoms with E-state index in [0.29, 0.717) is 39.0 Å². The van der Waals surface area contributed by atoms with Crippen LogP contribution < -0.4 is 0 Å². The van der Waals surface area contributed by atoms with Gasteiger partial charge in [0.05, 0.1) is 32.8 Å². The Hall–Kier alpha value is -1.18. The molecule has 1 saturated heterocycles. The maximum absolute atomic E-state index is 12.1. The van der Waals surface area contributed by atoms with E-state index in [-0.39, 0.29) is 37.6 Å². The number of amides is 1. The number of carbonyl (C=O) groups is 2. The molecule has 0 aromatic heterocycles. The third kappa shape index (κ3) is 5.07. The largest absolute Gasteiger partial charge is 0.469 e. The summed E-state index contributed by atoms with van der Waals surface area (Å²) in [6.45, 7) is 1.92. The summed E-state index contributed by atoms with van der Waals surface area (Å²) < 4.78 is 4.71. The number of nitrogens with zero attached hydrogens (tertiary/aromatic N) is 2. The van der Waals surface area contributed by atoms with E-state index in [0.717, 1.165) is 0 Å². The van der Waals surface area contributed by atoms with Gasteiger partial charge in [-0.25, -0.2) is 0 Å². The van der Waals surface area contributed by atoms with Gasteiger partial charge in [0.2, 0.25) is 5.91 Å². The molecule has 0 atom stereocenters. The molecule has 1 rings (SSSR count). The molecular formula is C13H24N2O5. The summed E-state index contributed by atoms with van der Waals surface area (Å²) in [6, 6.07) is 0. The monoisotopic (exact) mass is 288 g/mol. The van der Waals surface area contributed by atoms with Gasteiger partial charge in [0.1, 0.15) is 0 Å². The SMILES string of the molecule is COC(=O)C1CCN(C(=O)CN(CCO)CCO)CC1. The van der Waals surface area contributed by atoms with Gasteiger partial charge in [0.25, 0.3) is 0 Å². The summed E-state index contributed by atoms with van der Waals surface area (Å²) in [6.07, 6.45) is 1.25. The molecule has 7 nitrogen and oxygen atoms in total. The molecule has 1 amide bonds. The number of hydrogen-bond acceptors (Lipinski definition) is 6. The van der Waals surface area contributed by atoms with Crippen LogP contribution in [-0.4, -0.2) is 84.9 Å². The van der Waals surface area contributed by atoms with Crippen LogP contribution in [0.25, 0.3) is 0 Å². The van der Waals surface area contributed by atoms with Crippen molar-refractivity contribution in [3.63, 3.8) is 0 Å². The van der Waals surface area contributed by atoms with Crippen LogP contribution in [0.15, 0.2) is 0 Å². The van der Waals surface area contributed by atoms with Gasteiger partial charge >= 0.3 is 5.97 Å². The highest BCUT2D eigenvalue weighted by Gasteiger charge is 2.28. The van der Waals surface area contributed by atoms with Crippen LogP contribution >= 0.6 is 0 Å². The molecule has 1 aliphatic heterocycles. The van der Waals surface area contributed by atoms with E-state index < -0.39 is 0 Å². The highest BCUT2D eigenvalue weighted by molar-refractivity contribution is 5.79. The number of piperidine rings is 1. The molecule has 0 bridgehead atoms. The molecule has 1 aliphatic rings.